The number of rotatable bonds is 21. The molecule has 2 saturated carbocycles. The van der Waals surface area contributed by atoms with Crippen molar-refractivity contribution in [3.05, 3.63) is 114 Å². The third kappa shape index (κ3) is 10.7. The van der Waals surface area contributed by atoms with Crippen LogP contribution in [-0.2, 0) is 20.9 Å². The van der Waals surface area contributed by atoms with Crippen LogP contribution in [0, 0.1) is 29.5 Å². The van der Waals surface area contributed by atoms with Crippen molar-refractivity contribution in [3.63, 3.8) is 0 Å². The molecule has 2 N–H and O–H groups in total. The Hall–Kier alpha value is -4.16. The number of oxime groups is 1. The van der Waals surface area contributed by atoms with Crippen LogP contribution in [0.1, 0.15) is 95.6 Å². The second kappa shape index (κ2) is 20.4. The van der Waals surface area contributed by atoms with Gasteiger partial charge in [0.2, 0.25) is 11.7 Å². The minimum atomic E-state index is -1.37. The van der Waals surface area contributed by atoms with Gasteiger partial charge in [-0.05, 0) is 125 Å². The van der Waals surface area contributed by atoms with Crippen molar-refractivity contribution in [1.82, 2.24) is 4.90 Å². The number of aliphatic hydroxyl groups excluding tert-OH is 2. The Morgan fingerprint density at radius 1 is 1.02 bits per heavy atom. The number of unbranched alkanes of at least 4 members (excludes halogenated alkanes) is 2. The van der Waals surface area contributed by atoms with Crippen molar-refractivity contribution >= 4 is 23.4 Å². The average molecular weight is 855 g/mol. The fourth-order valence-electron chi connectivity index (χ4n) is 9.46. The summed E-state index contributed by atoms with van der Waals surface area (Å²) in [5, 5.41) is 24.8. The zero-order chi connectivity index (χ0) is 43.0. The van der Waals surface area contributed by atoms with Crippen LogP contribution in [-0.4, -0.2) is 76.3 Å². The molecule has 3 aliphatic carbocycles. The Balaban J connectivity index is 1.39. The Morgan fingerprint density at radius 3 is 2.44 bits per heavy atom. The quantitative estimate of drug-likeness (QED) is 0.0472. The van der Waals surface area contributed by atoms with Crippen LogP contribution in [0.3, 0.4) is 0 Å². The summed E-state index contributed by atoms with van der Waals surface area (Å²) in [7, 11) is 0. The van der Waals surface area contributed by atoms with Crippen molar-refractivity contribution in [1.29, 1.82) is 0 Å². The standard InChI is InChI=1S/C50H63FN2O7S/c1-5-27-58-50-45(53(48(56)35-19-20-35)33-34-17-21-37(51)22-18-34)32-43(52-60-49(2,3)4)41-30-36(13-9-11-25-54)40(16-10-12-26-55)46(47(41)50)42-31-38(23-24-44(42)59-50)57-28-29-61-39-14-7-6-8-15-39/h5-8,14-15,17-18,21-24,30-31,35-36,40,45-47,54-55H,1,9-13,16,19-20,25-29,32-33H2,2-4H3. The van der Waals surface area contributed by atoms with Gasteiger partial charge in [-0.2, -0.15) is 0 Å². The molecule has 61 heavy (non-hydrogen) atoms. The highest BCUT2D eigenvalue weighted by Gasteiger charge is 2.66. The van der Waals surface area contributed by atoms with E-state index in [4.69, 9.17) is 24.2 Å². The Morgan fingerprint density at radius 2 is 1.75 bits per heavy atom. The number of hydrogen-bond acceptors (Lipinski definition) is 9. The highest BCUT2D eigenvalue weighted by molar-refractivity contribution is 7.99. The van der Waals surface area contributed by atoms with Crippen molar-refractivity contribution in [2.75, 3.05) is 32.2 Å². The number of allylic oxidation sites excluding steroid dienone is 1. The van der Waals surface area contributed by atoms with Crippen molar-refractivity contribution < 1.29 is 38.4 Å². The summed E-state index contributed by atoms with van der Waals surface area (Å²) in [6.45, 7) is 11.1. The first-order chi connectivity index (χ1) is 29.5. The molecule has 0 spiro atoms. The van der Waals surface area contributed by atoms with Crippen LogP contribution >= 0.6 is 11.8 Å². The summed E-state index contributed by atoms with van der Waals surface area (Å²) in [5.41, 5.74) is 2.96. The number of ether oxygens (including phenoxy) is 3. The lowest BCUT2D eigenvalue weighted by Gasteiger charge is -2.60. The molecule has 3 aromatic rings. The van der Waals surface area contributed by atoms with E-state index >= 15 is 0 Å². The molecular formula is C50H63FN2O7S. The van der Waals surface area contributed by atoms with Gasteiger partial charge >= 0.3 is 0 Å². The maximum atomic E-state index is 14.8. The van der Waals surface area contributed by atoms with Crippen LogP contribution in [0.2, 0.25) is 0 Å². The van der Waals surface area contributed by atoms with Crippen molar-refractivity contribution in [2.24, 2.45) is 28.8 Å². The molecule has 328 valence electrons. The van der Waals surface area contributed by atoms with Gasteiger partial charge in [-0.25, -0.2) is 4.39 Å². The summed E-state index contributed by atoms with van der Waals surface area (Å²) in [5.74, 6) is -0.0232. The third-order valence-electron chi connectivity index (χ3n) is 12.3. The molecule has 3 aromatic carbocycles. The van der Waals surface area contributed by atoms with E-state index in [2.05, 4.69) is 30.9 Å². The minimum Gasteiger partial charge on any atom is -0.493 e. The van der Waals surface area contributed by atoms with Crippen LogP contribution in [0.4, 0.5) is 4.39 Å². The maximum absolute atomic E-state index is 14.8. The number of hydrogen-bond donors (Lipinski definition) is 2. The third-order valence-corrected chi connectivity index (χ3v) is 13.3. The number of aliphatic hydroxyl groups is 2. The summed E-state index contributed by atoms with van der Waals surface area (Å²) in [4.78, 5) is 24.1. The molecule has 0 saturated heterocycles. The van der Waals surface area contributed by atoms with Crippen molar-refractivity contribution in [2.45, 2.75) is 113 Å². The molecular weight excluding hydrogens is 792 g/mol. The number of nitrogens with zero attached hydrogens (tertiary/aromatic N) is 2. The summed E-state index contributed by atoms with van der Waals surface area (Å²) < 4.78 is 35.3. The maximum Gasteiger partial charge on any atom is 0.239 e. The van der Waals surface area contributed by atoms with E-state index in [9.17, 15) is 19.4 Å². The Kier molecular flexibility index (Phi) is 15.0. The molecule has 7 rings (SSSR count). The molecule has 6 unspecified atom stereocenters. The number of carbonyl (C=O) groups excluding carboxylic acids is 1. The smallest absolute Gasteiger partial charge is 0.239 e. The molecule has 11 heteroatoms. The second-order valence-corrected chi connectivity index (χ2v) is 19.0. The number of carbonyl (C=O) groups is 1. The monoisotopic (exact) mass is 854 g/mol. The lowest BCUT2D eigenvalue weighted by molar-refractivity contribution is -0.258. The number of fused-ring (bicyclic) bond motifs is 2. The van der Waals surface area contributed by atoms with E-state index in [-0.39, 0.29) is 61.8 Å². The van der Waals surface area contributed by atoms with Gasteiger partial charge in [0.1, 0.15) is 29.0 Å². The number of halogens is 1. The molecule has 1 aliphatic heterocycles. The summed E-state index contributed by atoms with van der Waals surface area (Å²) in [6.07, 6.45) is 10.7. The first kappa shape index (κ1) is 44.9. The lowest BCUT2D eigenvalue weighted by Crippen LogP contribution is -2.70. The molecule has 0 aromatic heterocycles. The van der Waals surface area contributed by atoms with E-state index in [0.29, 0.717) is 31.6 Å². The first-order valence-electron chi connectivity index (χ1n) is 22.2. The molecule has 0 radical (unpaired) electrons. The van der Waals surface area contributed by atoms with Gasteiger partial charge in [-0.1, -0.05) is 60.5 Å². The molecule has 9 nitrogen and oxygen atoms in total. The summed E-state index contributed by atoms with van der Waals surface area (Å²) in [6, 6.07) is 22.1. The fraction of sp³-hybridized carbons (Fsp3) is 0.520. The van der Waals surface area contributed by atoms with Crippen LogP contribution in [0.25, 0.3) is 0 Å². The Labute approximate surface area is 365 Å². The normalized spacial score (nSPS) is 24.9. The number of benzene rings is 3. The predicted octanol–water partition coefficient (Wildman–Crippen LogP) is 9.87. The zero-order valence-corrected chi connectivity index (χ0v) is 36.8. The molecule has 1 heterocycles. The highest BCUT2D eigenvalue weighted by atomic mass is 32.2. The van der Waals surface area contributed by atoms with E-state index in [1.54, 1.807) is 30.0 Å². The van der Waals surface area contributed by atoms with Gasteiger partial charge in [0.15, 0.2) is 0 Å². The van der Waals surface area contributed by atoms with Gasteiger partial charge in [-0.15, -0.1) is 18.3 Å². The van der Waals surface area contributed by atoms with E-state index in [1.807, 2.05) is 56.0 Å². The van der Waals surface area contributed by atoms with E-state index in [1.165, 1.54) is 17.0 Å². The fourth-order valence-corrected chi connectivity index (χ4v) is 10.2. The molecule has 0 bridgehead atoms. The highest BCUT2D eigenvalue weighted by Crippen LogP contribution is 2.62. The van der Waals surface area contributed by atoms with Crippen LogP contribution in [0.5, 0.6) is 11.5 Å². The average Bonchev–Trinajstić information content (AvgIpc) is 4.11. The topological polar surface area (TPSA) is 110 Å². The van der Waals surface area contributed by atoms with Crippen LogP contribution < -0.4 is 9.47 Å². The van der Waals surface area contributed by atoms with Gasteiger partial charge in [-0.3, -0.25) is 4.79 Å². The van der Waals surface area contributed by atoms with Gasteiger partial charge < -0.3 is 34.2 Å². The number of thioether (sulfide) groups is 1. The molecule has 2 fully saturated rings. The van der Waals surface area contributed by atoms with Crippen LogP contribution in [0.15, 0.2) is 107 Å². The molecule has 1 amide bonds. The van der Waals surface area contributed by atoms with Gasteiger partial charge in [0.25, 0.3) is 0 Å². The summed E-state index contributed by atoms with van der Waals surface area (Å²) >= 11 is 1.75. The lowest BCUT2D eigenvalue weighted by atomic mass is 9.55. The van der Waals surface area contributed by atoms with E-state index in [0.717, 1.165) is 72.4 Å². The van der Waals surface area contributed by atoms with E-state index < -0.39 is 23.3 Å². The van der Waals surface area contributed by atoms with Crippen molar-refractivity contribution in [3.8, 4) is 11.5 Å². The zero-order valence-electron chi connectivity index (χ0n) is 36.0. The second-order valence-electron chi connectivity index (χ2n) is 17.9. The molecule has 4 aliphatic rings. The Bertz CT molecular complexity index is 2000. The SMILES string of the molecule is C=CCOC12Oc3ccc(OCCSc4ccccc4)cc3C3C(CCCCO)C(CCCCO)C=C(C(=NOC(C)(C)C)CC1N(Cc1ccc(F)cc1)C(=O)C1CC1)C32. The number of amides is 1. The first-order valence-corrected chi connectivity index (χ1v) is 23.2. The van der Waals surface area contributed by atoms with Gasteiger partial charge in [0, 0.05) is 54.2 Å². The predicted molar refractivity (Wildman–Crippen MR) is 238 cm³/mol. The largest absolute Gasteiger partial charge is 0.493 e. The minimum absolute atomic E-state index is 0.0136. The molecule has 6 atom stereocenters. The van der Waals surface area contributed by atoms with Gasteiger partial charge in [0.05, 0.1) is 24.8 Å².